The van der Waals surface area contributed by atoms with E-state index in [1.807, 2.05) is 0 Å². The maximum Gasteiger partial charge on any atom is 0.0762 e. The Balaban J connectivity index is 2.45. The van der Waals surface area contributed by atoms with Gasteiger partial charge in [-0.3, -0.25) is 0 Å². The molecule has 0 bridgehead atoms. The molecule has 3 heteroatoms. The van der Waals surface area contributed by atoms with Crippen molar-refractivity contribution in [3.8, 4) is 0 Å². The topological polar surface area (TPSA) is 55.5 Å². The van der Waals surface area contributed by atoms with Crippen LogP contribution in [-0.4, -0.2) is 31.0 Å². The molecule has 1 saturated heterocycles. The Bertz CT molecular complexity index is 123. The summed E-state index contributed by atoms with van der Waals surface area (Å²) in [6.07, 6.45) is 1.72. The van der Waals surface area contributed by atoms with E-state index in [9.17, 15) is 5.11 Å². The van der Waals surface area contributed by atoms with Gasteiger partial charge in [0.15, 0.2) is 0 Å². The maximum atomic E-state index is 9.55. The molecule has 66 valence electrons. The minimum absolute atomic E-state index is 0.0104. The second-order valence-corrected chi connectivity index (χ2v) is 3.36. The van der Waals surface area contributed by atoms with Gasteiger partial charge in [0.2, 0.25) is 0 Å². The molecule has 0 aromatic heterocycles. The first kappa shape index (κ1) is 8.97. The van der Waals surface area contributed by atoms with Crippen LogP contribution in [-0.2, 0) is 4.74 Å². The van der Waals surface area contributed by atoms with Crippen LogP contribution in [0.3, 0.4) is 0 Å². The first-order chi connectivity index (χ1) is 5.25. The average Bonchev–Trinajstić information content (AvgIpc) is 1.95. The third-order valence-electron chi connectivity index (χ3n) is 2.46. The third-order valence-corrected chi connectivity index (χ3v) is 2.46. The van der Waals surface area contributed by atoms with E-state index in [1.54, 1.807) is 0 Å². The van der Waals surface area contributed by atoms with Gasteiger partial charge in [-0.1, -0.05) is 13.3 Å². The molecular weight excluding hydrogens is 142 g/mol. The van der Waals surface area contributed by atoms with Crippen LogP contribution in [0.4, 0.5) is 0 Å². The Hall–Kier alpha value is -0.120. The van der Waals surface area contributed by atoms with Gasteiger partial charge >= 0.3 is 0 Å². The van der Waals surface area contributed by atoms with Crippen molar-refractivity contribution in [2.24, 2.45) is 11.1 Å². The van der Waals surface area contributed by atoms with Gasteiger partial charge in [0.1, 0.15) is 0 Å². The molecule has 1 rings (SSSR count). The molecule has 11 heavy (non-hydrogen) atoms. The molecule has 1 aliphatic rings. The molecule has 1 atom stereocenters. The molecule has 0 aromatic rings. The molecule has 0 radical (unpaired) electrons. The van der Waals surface area contributed by atoms with E-state index < -0.39 is 0 Å². The maximum absolute atomic E-state index is 9.55. The molecule has 0 saturated carbocycles. The number of nitrogens with two attached hydrogens (primary N) is 1. The second-order valence-electron chi connectivity index (χ2n) is 3.36. The van der Waals surface area contributed by atoms with Crippen molar-refractivity contribution < 1.29 is 9.84 Å². The van der Waals surface area contributed by atoms with Crippen molar-refractivity contribution in [2.45, 2.75) is 25.9 Å². The van der Waals surface area contributed by atoms with Crippen molar-refractivity contribution in [2.75, 3.05) is 19.8 Å². The zero-order valence-corrected chi connectivity index (χ0v) is 7.05. The molecule has 3 N–H and O–H groups in total. The number of aliphatic hydroxyl groups excluding tert-OH is 1. The van der Waals surface area contributed by atoms with E-state index in [0.717, 1.165) is 12.8 Å². The number of ether oxygens (including phenoxy) is 1. The van der Waals surface area contributed by atoms with Crippen LogP contribution >= 0.6 is 0 Å². The van der Waals surface area contributed by atoms with Crippen LogP contribution in [0.1, 0.15) is 19.8 Å². The van der Waals surface area contributed by atoms with Gasteiger partial charge in [0, 0.05) is 12.0 Å². The number of hydrogen-bond donors (Lipinski definition) is 2. The summed E-state index contributed by atoms with van der Waals surface area (Å²) in [5.41, 5.74) is 5.38. The number of aliphatic hydroxyl groups is 1. The van der Waals surface area contributed by atoms with Crippen LogP contribution in [0.5, 0.6) is 0 Å². The second kappa shape index (κ2) is 3.52. The predicted molar refractivity (Wildman–Crippen MR) is 43.2 cm³/mol. The molecule has 3 nitrogen and oxygen atoms in total. The zero-order valence-electron chi connectivity index (χ0n) is 7.05. The Morgan fingerprint density at radius 1 is 1.64 bits per heavy atom. The fraction of sp³-hybridized carbons (Fsp3) is 1.00. The lowest BCUT2D eigenvalue weighted by atomic mass is 9.76. The SMILES string of the molecule is CCCC1(C(O)CN)COC1. The zero-order chi connectivity index (χ0) is 8.32. The smallest absolute Gasteiger partial charge is 0.0762 e. The van der Waals surface area contributed by atoms with Crippen LogP contribution in [0.25, 0.3) is 0 Å². The van der Waals surface area contributed by atoms with Gasteiger partial charge in [-0.05, 0) is 6.42 Å². The Kier molecular flexibility index (Phi) is 2.87. The first-order valence-electron chi connectivity index (χ1n) is 4.21. The van der Waals surface area contributed by atoms with Crippen molar-refractivity contribution >= 4 is 0 Å². The highest BCUT2D eigenvalue weighted by Crippen LogP contribution is 2.35. The van der Waals surface area contributed by atoms with E-state index in [1.165, 1.54) is 0 Å². The van der Waals surface area contributed by atoms with Crippen LogP contribution in [0.2, 0.25) is 0 Å². The fourth-order valence-corrected chi connectivity index (χ4v) is 1.62. The van der Waals surface area contributed by atoms with Crippen LogP contribution in [0.15, 0.2) is 0 Å². The Labute approximate surface area is 67.5 Å². The Morgan fingerprint density at radius 3 is 2.55 bits per heavy atom. The van der Waals surface area contributed by atoms with Crippen molar-refractivity contribution in [1.29, 1.82) is 0 Å². The van der Waals surface area contributed by atoms with Gasteiger partial charge < -0.3 is 15.6 Å². The van der Waals surface area contributed by atoms with Crippen LogP contribution in [0, 0.1) is 5.41 Å². The van der Waals surface area contributed by atoms with Crippen molar-refractivity contribution in [1.82, 2.24) is 0 Å². The quantitative estimate of drug-likeness (QED) is 0.612. The molecule has 1 aliphatic heterocycles. The minimum Gasteiger partial charge on any atom is -0.391 e. The highest BCUT2D eigenvalue weighted by atomic mass is 16.5. The standard InChI is InChI=1S/C8H17NO2/c1-2-3-8(5-11-6-8)7(10)4-9/h7,10H,2-6,9H2,1H3. The summed E-state index contributed by atoms with van der Waals surface area (Å²) < 4.78 is 5.10. The molecule has 0 spiro atoms. The molecular formula is C8H17NO2. The summed E-state index contributed by atoms with van der Waals surface area (Å²) in [6.45, 7) is 3.82. The summed E-state index contributed by atoms with van der Waals surface area (Å²) in [7, 11) is 0. The van der Waals surface area contributed by atoms with Gasteiger partial charge in [0.25, 0.3) is 0 Å². The lowest BCUT2D eigenvalue weighted by Crippen LogP contribution is -2.53. The van der Waals surface area contributed by atoms with E-state index in [-0.39, 0.29) is 11.5 Å². The van der Waals surface area contributed by atoms with E-state index in [2.05, 4.69) is 6.92 Å². The molecule has 0 aromatic carbocycles. The van der Waals surface area contributed by atoms with Gasteiger partial charge in [0.05, 0.1) is 19.3 Å². The van der Waals surface area contributed by atoms with E-state index in [4.69, 9.17) is 10.5 Å². The summed E-state index contributed by atoms with van der Waals surface area (Å²) in [4.78, 5) is 0. The normalized spacial score (nSPS) is 24.3. The van der Waals surface area contributed by atoms with Crippen molar-refractivity contribution in [3.63, 3.8) is 0 Å². The molecule has 1 unspecified atom stereocenters. The molecule has 1 heterocycles. The molecule has 0 aliphatic carbocycles. The third kappa shape index (κ3) is 1.55. The summed E-state index contributed by atoms with van der Waals surface area (Å²) >= 11 is 0. The Morgan fingerprint density at radius 2 is 2.27 bits per heavy atom. The molecule has 1 fully saturated rings. The fourth-order valence-electron chi connectivity index (χ4n) is 1.62. The van der Waals surface area contributed by atoms with Crippen molar-refractivity contribution in [3.05, 3.63) is 0 Å². The van der Waals surface area contributed by atoms with Gasteiger partial charge in [-0.15, -0.1) is 0 Å². The molecule has 0 amide bonds. The number of hydrogen-bond acceptors (Lipinski definition) is 3. The highest BCUT2D eigenvalue weighted by Gasteiger charge is 2.43. The van der Waals surface area contributed by atoms with Crippen LogP contribution < -0.4 is 5.73 Å². The van der Waals surface area contributed by atoms with Gasteiger partial charge in [-0.2, -0.15) is 0 Å². The monoisotopic (exact) mass is 159 g/mol. The van der Waals surface area contributed by atoms with E-state index >= 15 is 0 Å². The first-order valence-corrected chi connectivity index (χ1v) is 4.21. The lowest BCUT2D eigenvalue weighted by Gasteiger charge is -2.44. The minimum atomic E-state index is -0.379. The van der Waals surface area contributed by atoms with Gasteiger partial charge in [-0.25, -0.2) is 0 Å². The lowest BCUT2D eigenvalue weighted by molar-refractivity contribution is -0.172. The van der Waals surface area contributed by atoms with E-state index in [0.29, 0.717) is 19.8 Å². The number of rotatable bonds is 4. The summed E-state index contributed by atoms with van der Waals surface area (Å²) in [5.74, 6) is 0. The highest BCUT2D eigenvalue weighted by molar-refractivity contribution is 4.91. The predicted octanol–water partition coefficient (Wildman–Crippen LogP) is 0.123. The summed E-state index contributed by atoms with van der Waals surface area (Å²) in [6, 6.07) is 0. The summed E-state index contributed by atoms with van der Waals surface area (Å²) in [5, 5.41) is 9.55. The average molecular weight is 159 g/mol. The largest absolute Gasteiger partial charge is 0.391 e.